The van der Waals surface area contributed by atoms with Crippen molar-refractivity contribution in [1.29, 1.82) is 0 Å². The molecule has 4 aliphatic rings. The fraction of sp³-hybridized carbons (Fsp3) is 0.583. The van der Waals surface area contributed by atoms with E-state index in [1.165, 1.54) is 6.07 Å². The Hall–Kier alpha value is -3.51. The molecule has 0 saturated carbocycles. The molecule has 0 radical (unpaired) electrons. The van der Waals surface area contributed by atoms with Gasteiger partial charge in [-0.05, 0) is 106 Å². The van der Waals surface area contributed by atoms with Gasteiger partial charge >= 0.3 is 12.2 Å². The number of carbonyl (C=O) groups excluding carboxylic acids is 3. The van der Waals surface area contributed by atoms with Crippen LogP contribution in [0.5, 0.6) is 0 Å². The van der Waals surface area contributed by atoms with Crippen molar-refractivity contribution in [2.45, 2.75) is 63.7 Å². The van der Waals surface area contributed by atoms with Gasteiger partial charge in [-0.15, -0.1) is 0 Å². The van der Waals surface area contributed by atoms with E-state index < -0.39 is 35.4 Å². The fourth-order valence-electron chi connectivity index (χ4n) is 8.23. The molecule has 0 aromatic heterocycles. The Morgan fingerprint density at radius 3 is 2.35 bits per heavy atom. The number of nitrogens with zero attached hydrogens (tertiary/aromatic N) is 3. The van der Waals surface area contributed by atoms with Crippen molar-refractivity contribution in [2.24, 2.45) is 23.7 Å². The first-order valence-corrected chi connectivity index (χ1v) is 17.2. The molecule has 0 spiro atoms. The molecule has 3 fully saturated rings. The zero-order chi connectivity index (χ0) is 34.0. The predicted octanol–water partition coefficient (Wildman–Crippen LogP) is 5.57. The van der Waals surface area contributed by atoms with Crippen LogP contribution < -0.4 is 10.6 Å². The molecular weight excluding hydrogens is 626 g/mol. The summed E-state index contributed by atoms with van der Waals surface area (Å²) in [4.78, 5) is 47.3. The maximum atomic E-state index is 14.2. The second-order valence-electron chi connectivity index (χ2n) is 14.1. The number of piperidine rings is 3. The van der Waals surface area contributed by atoms with Crippen LogP contribution in [0.3, 0.4) is 0 Å². The van der Waals surface area contributed by atoms with Gasteiger partial charge in [-0.2, -0.15) is 13.2 Å². The normalized spacial score (nSPS) is 23.8. The van der Waals surface area contributed by atoms with Gasteiger partial charge in [-0.25, -0.2) is 9.18 Å². The quantitative estimate of drug-likeness (QED) is 0.359. The van der Waals surface area contributed by atoms with Crippen LogP contribution in [0.4, 0.5) is 28.0 Å². The molecule has 260 valence electrons. The number of anilines is 1. The van der Waals surface area contributed by atoms with Crippen LogP contribution in [0, 0.1) is 29.5 Å². The summed E-state index contributed by atoms with van der Waals surface area (Å²) in [6, 6.07) is 9.62. The van der Waals surface area contributed by atoms with Crippen molar-refractivity contribution in [3.05, 3.63) is 65.0 Å². The maximum absolute atomic E-state index is 14.2. The third-order valence-corrected chi connectivity index (χ3v) is 11.0. The van der Waals surface area contributed by atoms with Gasteiger partial charge in [0, 0.05) is 50.2 Å². The summed E-state index contributed by atoms with van der Waals surface area (Å²) in [6.07, 6.45) is -0.662. The number of benzene rings is 2. The largest absolute Gasteiger partial charge is 0.419 e. The molecular formula is C36H45F4N5O3. The number of nitrogens with one attached hydrogen (secondary N) is 2. The third kappa shape index (κ3) is 7.70. The molecule has 3 unspecified atom stereocenters. The van der Waals surface area contributed by atoms with Gasteiger partial charge in [0.1, 0.15) is 11.6 Å². The number of carbonyl (C=O) groups is 3. The van der Waals surface area contributed by atoms with E-state index in [4.69, 9.17) is 0 Å². The molecule has 48 heavy (non-hydrogen) atoms. The summed E-state index contributed by atoms with van der Waals surface area (Å²) >= 11 is 0. The van der Waals surface area contributed by atoms with E-state index in [9.17, 15) is 31.9 Å². The van der Waals surface area contributed by atoms with Crippen molar-refractivity contribution in [3.8, 4) is 0 Å². The van der Waals surface area contributed by atoms with E-state index in [1.807, 2.05) is 24.3 Å². The van der Waals surface area contributed by atoms with Crippen LogP contribution in [0.1, 0.15) is 55.2 Å². The summed E-state index contributed by atoms with van der Waals surface area (Å²) < 4.78 is 55.0. The molecule has 4 heterocycles. The lowest BCUT2D eigenvalue weighted by molar-refractivity contribution is -0.140. The third-order valence-electron chi connectivity index (χ3n) is 11.0. The minimum atomic E-state index is -4.89. The van der Waals surface area contributed by atoms with Crippen molar-refractivity contribution in [3.63, 3.8) is 0 Å². The number of hydrogen-bond acceptors (Lipinski definition) is 5. The van der Waals surface area contributed by atoms with Crippen molar-refractivity contribution >= 4 is 23.4 Å². The van der Waals surface area contributed by atoms with Gasteiger partial charge in [0.2, 0.25) is 5.91 Å². The van der Waals surface area contributed by atoms with Crippen molar-refractivity contribution < 1.29 is 31.9 Å². The van der Waals surface area contributed by atoms with Crippen LogP contribution in [-0.2, 0) is 28.7 Å². The van der Waals surface area contributed by atoms with Gasteiger partial charge in [-0.1, -0.05) is 24.3 Å². The summed E-state index contributed by atoms with van der Waals surface area (Å²) in [5, 5.41) is 6.18. The Bertz CT molecular complexity index is 1490. The van der Waals surface area contributed by atoms with E-state index in [0.717, 1.165) is 62.2 Å². The fourth-order valence-corrected chi connectivity index (χ4v) is 8.23. The molecule has 0 bridgehead atoms. The second kappa shape index (κ2) is 14.5. The average Bonchev–Trinajstić information content (AvgIpc) is 3.08. The number of hydrogen-bond donors (Lipinski definition) is 2. The Morgan fingerprint density at radius 1 is 0.958 bits per heavy atom. The number of Topliss-reactive ketones (excluding diaryl/α,β-unsaturated/α-hetero) is 1. The molecule has 3 saturated heterocycles. The summed E-state index contributed by atoms with van der Waals surface area (Å²) in [6.45, 7) is 4.50. The zero-order valence-electron chi connectivity index (χ0n) is 27.4. The van der Waals surface area contributed by atoms with Crippen LogP contribution >= 0.6 is 0 Å². The molecule has 6 rings (SSSR count). The first kappa shape index (κ1) is 34.4. The second-order valence-corrected chi connectivity index (χ2v) is 14.1. The molecule has 8 nitrogen and oxygen atoms in total. The number of rotatable bonds is 8. The first-order chi connectivity index (χ1) is 23.0. The van der Waals surface area contributed by atoms with E-state index in [1.54, 1.807) is 9.80 Å². The SMILES string of the molecule is CN1CCC(C2CCN(C(=O)C(CC(=O)C3CNCCC3N3Cc4ccccc4NC3=O)Cc3ccc(F)c(C(F)(F)F)c3)CC2)CC1. The number of alkyl halides is 3. The van der Waals surface area contributed by atoms with Crippen molar-refractivity contribution in [1.82, 2.24) is 20.0 Å². The van der Waals surface area contributed by atoms with Crippen LogP contribution in [0.2, 0.25) is 0 Å². The molecule has 2 aromatic rings. The Balaban J connectivity index is 1.20. The van der Waals surface area contributed by atoms with Gasteiger partial charge in [0.25, 0.3) is 0 Å². The standard InChI is InChI=1S/C36H45F4N5O3/c1-43-14-9-24(10-15-43)25-11-16-44(17-12-25)34(47)27(18-23-6-7-30(37)29(19-23)36(38,39)40)20-33(46)28-21-41-13-8-32(28)45-22-26-4-2-3-5-31(26)42-35(45)48/h2-7,19,24-25,27-28,32,41H,8-18,20-22H2,1H3,(H,42,48). The molecule has 4 aliphatic heterocycles. The summed E-state index contributed by atoms with van der Waals surface area (Å²) in [7, 11) is 2.13. The lowest BCUT2D eigenvalue weighted by atomic mass is 9.78. The highest BCUT2D eigenvalue weighted by atomic mass is 19.4. The van der Waals surface area contributed by atoms with Gasteiger partial charge in [-0.3, -0.25) is 9.59 Å². The summed E-state index contributed by atoms with van der Waals surface area (Å²) in [5.74, 6) is -2.22. The smallest absolute Gasteiger partial charge is 0.342 e. The van der Waals surface area contributed by atoms with Gasteiger partial charge in [0.15, 0.2) is 0 Å². The average molecular weight is 672 g/mol. The summed E-state index contributed by atoms with van der Waals surface area (Å²) in [5.41, 5.74) is 0.444. The predicted molar refractivity (Wildman–Crippen MR) is 174 cm³/mol. The zero-order valence-corrected chi connectivity index (χ0v) is 27.4. The number of ketones is 1. The van der Waals surface area contributed by atoms with E-state index >= 15 is 0 Å². The molecule has 2 aromatic carbocycles. The number of para-hydroxylation sites is 1. The topological polar surface area (TPSA) is 85.0 Å². The van der Waals surface area contributed by atoms with E-state index in [0.29, 0.717) is 51.0 Å². The number of halogens is 4. The first-order valence-electron chi connectivity index (χ1n) is 17.2. The van der Waals surface area contributed by atoms with Crippen LogP contribution in [-0.4, -0.2) is 84.8 Å². The van der Waals surface area contributed by atoms with Crippen molar-refractivity contribution in [2.75, 3.05) is 51.6 Å². The Morgan fingerprint density at radius 2 is 1.65 bits per heavy atom. The molecule has 2 N–H and O–H groups in total. The molecule has 12 heteroatoms. The Kier molecular flexibility index (Phi) is 10.4. The van der Waals surface area contributed by atoms with Crippen LogP contribution in [0.15, 0.2) is 42.5 Å². The minimum absolute atomic E-state index is 0.120. The van der Waals surface area contributed by atoms with E-state index in [2.05, 4.69) is 22.6 Å². The lowest BCUT2D eigenvalue weighted by Crippen LogP contribution is -2.56. The molecule has 3 amide bonds. The molecule has 3 atom stereocenters. The maximum Gasteiger partial charge on any atom is 0.419 e. The van der Waals surface area contributed by atoms with Gasteiger partial charge < -0.3 is 25.3 Å². The number of urea groups is 1. The monoisotopic (exact) mass is 671 g/mol. The number of fused-ring (bicyclic) bond motifs is 1. The minimum Gasteiger partial charge on any atom is -0.342 e. The highest BCUT2D eigenvalue weighted by molar-refractivity contribution is 5.94. The van der Waals surface area contributed by atoms with Crippen LogP contribution in [0.25, 0.3) is 0 Å². The number of likely N-dealkylation sites (tertiary alicyclic amines) is 2. The highest BCUT2D eigenvalue weighted by Gasteiger charge is 2.41. The van der Waals surface area contributed by atoms with Gasteiger partial charge in [0.05, 0.1) is 11.5 Å². The number of amides is 3. The highest BCUT2D eigenvalue weighted by Crippen LogP contribution is 2.36. The van der Waals surface area contributed by atoms with E-state index in [-0.39, 0.29) is 36.1 Å². The lowest BCUT2D eigenvalue weighted by Gasteiger charge is -2.42. The Labute approximate surface area is 279 Å². The molecule has 0 aliphatic carbocycles.